The van der Waals surface area contributed by atoms with Crippen LogP contribution in [0.25, 0.3) is 0 Å². The van der Waals surface area contributed by atoms with Gasteiger partial charge < -0.3 is 9.47 Å². The molecule has 0 fully saturated rings. The Bertz CT molecular complexity index is 226. The van der Waals surface area contributed by atoms with Gasteiger partial charge in [-0.15, -0.1) is 0 Å². The molecule has 0 saturated heterocycles. The second-order valence-electron chi connectivity index (χ2n) is 2.84. The molecule has 0 saturated carbocycles. The lowest BCUT2D eigenvalue weighted by Gasteiger charge is -2.04. The van der Waals surface area contributed by atoms with Gasteiger partial charge >= 0.3 is 0 Å². The maximum Gasteiger partial charge on any atom is 0.0718 e. The van der Waals surface area contributed by atoms with Crippen LogP contribution in [0.5, 0.6) is 0 Å². The highest BCUT2D eigenvalue weighted by Gasteiger charge is 1.91. The van der Waals surface area contributed by atoms with Gasteiger partial charge in [-0.1, -0.05) is 46.3 Å². The molecule has 0 unspecified atom stereocenters. The minimum Gasteiger partial charge on any atom is -0.378 e. The number of halogens is 1. The molecular weight excluding hydrogens is 244 g/mol. The molecule has 2 nitrogen and oxygen atoms in total. The summed E-state index contributed by atoms with van der Waals surface area (Å²) in [5, 5.41) is 0.881. The molecule has 0 heterocycles. The Kier molecular flexibility index (Phi) is 6.66. The molecule has 0 bridgehead atoms. The molecule has 3 heteroatoms. The molecule has 0 amide bonds. The van der Waals surface area contributed by atoms with E-state index in [1.807, 2.05) is 18.2 Å². The fourth-order valence-electron chi connectivity index (χ4n) is 1.04. The van der Waals surface area contributed by atoms with Crippen LogP contribution in [0, 0.1) is 0 Å². The molecule has 14 heavy (non-hydrogen) atoms. The first kappa shape index (κ1) is 11.7. The molecule has 0 radical (unpaired) electrons. The molecule has 0 aliphatic heterocycles. The fourth-order valence-corrected chi connectivity index (χ4v) is 1.27. The molecular formula is C11H15BrO2. The second kappa shape index (κ2) is 7.97. The Morgan fingerprint density at radius 3 is 2.36 bits per heavy atom. The van der Waals surface area contributed by atoms with Crippen LogP contribution in [0.15, 0.2) is 30.3 Å². The zero-order valence-corrected chi connectivity index (χ0v) is 9.70. The maximum absolute atomic E-state index is 5.43. The summed E-state index contributed by atoms with van der Waals surface area (Å²) in [5.41, 5.74) is 1.20. The van der Waals surface area contributed by atoms with E-state index in [0.29, 0.717) is 19.8 Å². The Hall–Kier alpha value is -0.380. The van der Waals surface area contributed by atoms with E-state index >= 15 is 0 Å². The van der Waals surface area contributed by atoms with Crippen molar-refractivity contribution in [2.75, 3.05) is 25.2 Å². The number of hydrogen-bond acceptors (Lipinski definition) is 2. The first-order chi connectivity index (χ1) is 6.93. The van der Waals surface area contributed by atoms with Crippen molar-refractivity contribution < 1.29 is 9.47 Å². The van der Waals surface area contributed by atoms with Crippen molar-refractivity contribution in [1.82, 2.24) is 0 Å². The minimum absolute atomic E-state index is 0.655. The summed E-state index contributed by atoms with van der Waals surface area (Å²) >= 11 is 3.29. The van der Waals surface area contributed by atoms with E-state index in [-0.39, 0.29) is 0 Å². The molecule has 0 aliphatic rings. The maximum atomic E-state index is 5.43. The highest BCUT2D eigenvalue weighted by atomic mass is 79.9. The van der Waals surface area contributed by atoms with E-state index in [2.05, 4.69) is 28.1 Å². The summed E-state index contributed by atoms with van der Waals surface area (Å²) in [7, 11) is 0. The Balaban J connectivity index is 1.99. The van der Waals surface area contributed by atoms with Gasteiger partial charge in [-0.25, -0.2) is 0 Å². The predicted molar refractivity (Wildman–Crippen MR) is 60.7 cm³/mol. The van der Waals surface area contributed by atoms with Crippen LogP contribution >= 0.6 is 15.9 Å². The number of ether oxygens (including phenoxy) is 2. The standard InChI is InChI=1S/C11H15BrO2/c12-6-7-13-8-9-14-10-11-4-2-1-3-5-11/h1-5H,6-10H2. The molecule has 0 N–H and O–H groups in total. The van der Waals surface area contributed by atoms with Crippen molar-refractivity contribution in [1.29, 1.82) is 0 Å². The monoisotopic (exact) mass is 258 g/mol. The number of benzene rings is 1. The highest BCUT2D eigenvalue weighted by Crippen LogP contribution is 1.99. The minimum atomic E-state index is 0.655. The van der Waals surface area contributed by atoms with Gasteiger partial charge in [0, 0.05) is 5.33 Å². The van der Waals surface area contributed by atoms with E-state index in [9.17, 15) is 0 Å². The van der Waals surface area contributed by atoms with Gasteiger partial charge in [0.25, 0.3) is 0 Å². The van der Waals surface area contributed by atoms with E-state index in [4.69, 9.17) is 9.47 Å². The first-order valence-corrected chi connectivity index (χ1v) is 5.81. The summed E-state index contributed by atoms with van der Waals surface area (Å²) in [4.78, 5) is 0. The van der Waals surface area contributed by atoms with Crippen LogP contribution in [0.1, 0.15) is 5.56 Å². The Labute approximate surface area is 93.4 Å². The third-order valence-corrected chi connectivity index (χ3v) is 2.03. The van der Waals surface area contributed by atoms with Gasteiger partial charge in [-0.2, -0.15) is 0 Å². The zero-order valence-electron chi connectivity index (χ0n) is 8.12. The van der Waals surface area contributed by atoms with Crippen LogP contribution in [-0.4, -0.2) is 25.2 Å². The smallest absolute Gasteiger partial charge is 0.0718 e. The second-order valence-corrected chi connectivity index (χ2v) is 3.63. The van der Waals surface area contributed by atoms with E-state index in [1.165, 1.54) is 5.56 Å². The Morgan fingerprint density at radius 1 is 0.929 bits per heavy atom. The van der Waals surface area contributed by atoms with Crippen LogP contribution in [-0.2, 0) is 16.1 Å². The molecule has 0 spiro atoms. The van der Waals surface area contributed by atoms with Gasteiger partial charge in [0.1, 0.15) is 0 Å². The molecule has 0 atom stereocenters. The van der Waals surface area contributed by atoms with Gasteiger partial charge in [0.05, 0.1) is 26.4 Å². The molecule has 0 aromatic heterocycles. The lowest BCUT2D eigenvalue weighted by atomic mass is 10.2. The van der Waals surface area contributed by atoms with E-state index in [0.717, 1.165) is 11.9 Å². The van der Waals surface area contributed by atoms with Crippen LogP contribution in [0.4, 0.5) is 0 Å². The zero-order chi connectivity index (χ0) is 10.1. The van der Waals surface area contributed by atoms with E-state index < -0.39 is 0 Å². The average molecular weight is 259 g/mol. The van der Waals surface area contributed by atoms with Gasteiger partial charge in [-0.3, -0.25) is 0 Å². The fraction of sp³-hybridized carbons (Fsp3) is 0.455. The van der Waals surface area contributed by atoms with Crippen molar-refractivity contribution in [2.45, 2.75) is 6.61 Å². The van der Waals surface area contributed by atoms with Gasteiger partial charge in [-0.05, 0) is 5.56 Å². The summed E-state index contributed by atoms with van der Waals surface area (Å²) in [6.45, 7) is 2.73. The molecule has 78 valence electrons. The average Bonchev–Trinajstić information content (AvgIpc) is 2.25. The Morgan fingerprint density at radius 2 is 1.64 bits per heavy atom. The third-order valence-electron chi connectivity index (χ3n) is 1.71. The normalized spacial score (nSPS) is 10.4. The van der Waals surface area contributed by atoms with Crippen molar-refractivity contribution in [3.8, 4) is 0 Å². The molecule has 1 aromatic carbocycles. The van der Waals surface area contributed by atoms with Crippen molar-refractivity contribution in [3.05, 3.63) is 35.9 Å². The van der Waals surface area contributed by atoms with Crippen LogP contribution in [0.3, 0.4) is 0 Å². The SMILES string of the molecule is BrCCOCCOCc1ccccc1. The lowest BCUT2D eigenvalue weighted by molar-refractivity contribution is 0.0464. The van der Waals surface area contributed by atoms with Crippen molar-refractivity contribution in [3.63, 3.8) is 0 Å². The van der Waals surface area contributed by atoms with E-state index in [1.54, 1.807) is 0 Å². The summed E-state index contributed by atoms with van der Waals surface area (Å²) in [5.74, 6) is 0. The van der Waals surface area contributed by atoms with Crippen molar-refractivity contribution in [2.24, 2.45) is 0 Å². The lowest BCUT2D eigenvalue weighted by Crippen LogP contribution is -2.05. The highest BCUT2D eigenvalue weighted by molar-refractivity contribution is 9.09. The number of rotatable bonds is 7. The summed E-state index contributed by atoms with van der Waals surface area (Å²) in [6.07, 6.45) is 0. The third kappa shape index (κ3) is 5.37. The molecule has 1 aromatic rings. The summed E-state index contributed by atoms with van der Waals surface area (Å²) < 4.78 is 10.7. The molecule has 1 rings (SSSR count). The first-order valence-electron chi connectivity index (χ1n) is 4.69. The van der Waals surface area contributed by atoms with Crippen LogP contribution < -0.4 is 0 Å². The topological polar surface area (TPSA) is 18.5 Å². The van der Waals surface area contributed by atoms with Crippen LogP contribution in [0.2, 0.25) is 0 Å². The quantitative estimate of drug-likeness (QED) is 0.553. The van der Waals surface area contributed by atoms with Gasteiger partial charge in [0.15, 0.2) is 0 Å². The van der Waals surface area contributed by atoms with Gasteiger partial charge in [0.2, 0.25) is 0 Å². The van der Waals surface area contributed by atoms with Crippen molar-refractivity contribution >= 4 is 15.9 Å². The predicted octanol–water partition coefficient (Wildman–Crippen LogP) is 2.61. The number of alkyl halides is 1. The summed E-state index contributed by atoms with van der Waals surface area (Å²) in [6, 6.07) is 10.1. The number of hydrogen-bond donors (Lipinski definition) is 0. The largest absolute Gasteiger partial charge is 0.378 e. The molecule has 0 aliphatic carbocycles.